The topological polar surface area (TPSA) is 12.9 Å². The summed E-state index contributed by atoms with van der Waals surface area (Å²) in [6.45, 7) is 0. The molecule has 0 N–H and O–H groups in total. The molecular formula is C28H21NTe2. The summed E-state index contributed by atoms with van der Waals surface area (Å²) in [5, 5.41) is 1.34. The summed E-state index contributed by atoms with van der Waals surface area (Å²) >= 11 is -1.10. The number of nitrogens with zero attached hydrogens (tertiary/aromatic N) is 1. The maximum absolute atomic E-state index is 5.25. The molecule has 0 atom stereocenters. The van der Waals surface area contributed by atoms with Crippen LogP contribution >= 0.6 is 0 Å². The zero-order valence-electron chi connectivity index (χ0n) is 16.9. The number of para-hydroxylation sites is 1. The Bertz CT molecular complexity index is 1290. The molecule has 150 valence electrons. The number of benzene rings is 4. The molecule has 0 amide bonds. The molecule has 1 aromatic heterocycles. The SMILES string of the molecule is c1ccc(Cc2c([Te]c3ccccc3)nc3ccccc3c2[Te]c2ccccc2)cc1. The Labute approximate surface area is 203 Å². The van der Waals surface area contributed by atoms with Crippen molar-refractivity contribution in [2.45, 2.75) is 6.42 Å². The van der Waals surface area contributed by atoms with Gasteiger partial charge in [0.1, 0.15) is 0 Å². The van der Waals surface area contributed by atoms with Gasteiger partial charge in [-0.2, -0.15) is 0 Å². The van der Waals surface area contributed by atoms with Gasteiger partial charge in [0.25, 0.3) is 0 Å². The van der Waals surface area contributed by atoms with E-state index in [0.717, 1.165) is 11.9 Å². The standard InChI is InChI=1S/C28H21NTe2/c1-4-12-21(13-5-1)20-25-27(30-22-14-6-2-7-15-22)24-18-10-11-19-26(24)29-28(25)31-23-16-8-3-9-17-23/h1-19H,20H2. The van der Waals surface area contributed by atoms with Crippen LogP contribution < -0.4 is 14.6 Å². The van der Waals surface area contributed by atoms with E-state index in [0.29, 0.717) is 0 Å². The Hall–Kier alpha value is -2.13. The van der Waals surface area contributed by atoms with Crippen molar-refractivity contribution in [1.29, 1.82) is 0 Å². The summed E-state index contributed by atoms with van der Waals surface area (Å²) in [7, 11) is 0. The first-order valence-electron chi connectivity index (χ1n) is 10.3. The third kappa shape index (κ3) is 5.03. The molecule has 3 heteroatoms. The molecule has 0 aliphatic rings. The summed E-state index contributed by atoms with van der Waals surface area (Å²) in [4.78, 5) is 5.25. The Morgan fingerprint density at radius 1 is 0.548 bits per heavy atom. The van der Waals surface area contributed by atoms with Crippen LogP contribution in [0.25, 0.3) is 10.9 Å². The van der Waals surface area contributed by atoms with Crippen LogP contribution in [0.5, 0.6) is 0 Å². The van der Waals surface area contributed by atoms with Crippen molar-refractivity contribution >= 4 is 67.3 Å². The second kappa shape index (κ2) is 9.99. The molecule has 31 heavy (non-hydrogen) atoms. The Balaban J connectivity index is 1.70. The first kappa shape index (κ1) is 20.8. The van der Waals surface area contributed by atoms with Crippen molar-refractivity contribution in [3.05, 3.63) is 126 Å². The molecule has 5 rings (SSSR count). The molecule has 0 spiro atoms. The van der Waals surface area contributed by atoms with E-state index in [2.05, 4.69) is 115 Å². The van der Waals surface area contributed by atoms with Crippen LogP contribution in [0.1, 0.15) is 11.1 Å². The molecule has 0 radical (unpaired) electrons. The molecule has 0 unspecified atom stereocenters. The van der Waals surface area contributed by atoms with Crippen LogP contribution in [0.3, 0.4) is 0 Å². The van der Waals surface area contributed by atoms with Crippen LogP contribution in [0.2, 0.25) is 0 Å². The summed E-state index contributed by atoms with van der Waals surface area (Å²) < 4.78 is 5.82. The van der Waals surface area contributed by atoms with Crippen molar-refractivity contribution in [1.82, 2.24) is 4.98 Å². The Kier molecular flexibility index (Phi) is 6.69. The van der Waals surface area contributed by atoms with Gasteiger partial charge in [0.05, 0.1) is 0 Å². The van der Waals surface area contributed by atoms with E-state index < -0.39 is 41.8 Å². The van der Waals surface area contributed by atoms with Crippen molar-refractivity contribution in [2.24, 2.45) is 0 Å². The average Bonchev–Trinajstić information content (AvgIpc) is 2.83. The molecule has 5 aromatic rings. The first-order valence-corrected chi connectivity index (χ1v) is 14.9. The van der Waals surface area contributed by atoms with Gasteiger partial charge in [0, 0.05) is 0 Å². The van der Waals surface area contributed by atoms with Gasteiger partial charge >= 0.3 is 205 Å². The monoisotopic (exact) mass is 631 g/mol. The number of rotatable bonds is 6. The van der Waals surface area contributed by atoms with Crippen LogP contribution in [0.15, 0.2) is 115 Å². The zero-order valence-corrected chi connectivity index (χ0v) is 21.6. The minimum absolute atomic E-state index is 0.531. The van der Waals surface area contributed by atoms with E-state index in [-0.39, 0.29) is 0 Å². The number of hydrogen-bond acceptors (Lipinski definition) is 1. The zero-order chi connectivity index (χ0) is 20.9. The molecular weight excluding hydrogens is 606 g/mol. The minimum atomic E-state index is -0.570. The van der Waals surface area contributed by atoms with Crippen LogP contribution in [0.4, 0.5) is 0 Å². The van der Waals surface area contributed by atoms with Gasteiger partial charge in [-0.3, -0.25) is 0 Å². The normalized spacial score (nSPS) is 11.0. The molecule has 0 aliphatic heterocycles. The fraction of sp³-hybridized carbons (Fsp3) is 0.0357. The van der Waals surface area contributed by atoms with E-state index in [1.54, 1.807) is 3.61 Å². The maximum atomic E-state index is 5.25. The van der Waals surface area contributed by atoms with E-state index in [9.17, 15) is 0 Å². The van der Waals surface area contributed by atoms with Crippen molar-refractivity contribution < 1.29 is 0 Å². The molecule has 0 fully saturated rings. The summed E-state index contributed by atoms with van der Waals surface area (Å²) in [5.41, 5.74) is 3.98. The quantitative estimate of drug-likeness (QED) is 0.264. The van der Waals surface area contributed by atoms with E-state index in [4.69, 9.17) is 4.98 Å². The Morgan fingerprint density at radius 2 is 1.10 bits per heavy atom. The van der Waals surface area contributed by atoms with Crippen molar-refractivity contribution in [2.75, 3.05) is 0 Å². The second-order valence-corrected chi connectivity index (χ2v) is 13.4. The predicted octanol–water partition coefficient (Wildman–Crippen LogP) is 3.14. The van der Waals surface area contributed by atoms with Gasteiger partial charge in [-0.25, -0.2) is 0 Å². The van der Waals surface area contributed by atoms with Crippen molar-refractivity contribution in [3.63, 3.8) is 0 Å². The molecule has 0 saturated carbocycles. The Morgan fingerprint density at radius 3 is 1.77 bits per heavy atom. The number of aromatic nitrogens is 1. The third-order valence-electron chi connectivity index (χ3n) is 5.05. The van der Waals surface area contributed by atoms with E-state index in [1.165, 1.54) is 27.5 Å². The van der Waals surface area contributed by atoms with Gasteiger partial charge in [-0.15, -0.1) is 0 Å². The summed E-state index contributed by atoms with van der Waals surface area (Å²) in [6.07, 6.45) is 0.957. The van der Waals surface area contributed by atoms with Crippen molar-refractivity contribution in [3.8, 4) is 0 Å². The van der Waals surface area contributed by atoms with Gasteiger partial charge in [-0.1, -0.05) is 0 Å². The molecule has 0 saturated heterocycles. The van der Waals surface area contributed by atoms with E-state index in [1.807, 2.05) is 0 Å². The molecule has 4 aromatic carbocycles. The molecule has 1 heterocycles. The van der Waals surface area contributed by atoms with Gasteiger partial charge in [0.2, 0.25) is 0 Å². The third-order valence-corrected chi connectivity index (χ3v) is 11.4. The second-order valence-electron chi connectivity index (χ2n) is 7.23. The summed E-state index contributed by atoms with van der Waals surface area (Å²) in [5.74, 6) is 0. The van der Waals surface area contributed by atoms with E-state index >= 15 is 0 Å². The van der Waals surface area contributed by atoms with Crippen LogP contribution in [-0.4, -0.2) is 46.8 Å². The summed E-state index contributed by atoms with van der Waals surface area (Å²) in [6, 6.07) is 41.6. The van der Waals surface area contributed by atoms with Gasteiger partial charge in [0.15, 0.2) is 0 Å². The fourth-order valence-corrected chi connectivity index (χ4v) is 10.1. The number of hydrogen-bond donors (Lipinski definition) is 0. The van der Waals surface area contributed by atoms with Crippen LogP contribution in [-0.2, 0) is 6.42 Å². The molecule has 1 nitrogen and oxygen atoms in total. The molecule has 0 bridgehead atoms. The van der Waals surface area contributed by atoms with Crippen LogP contribution in [0, 0.1) is 0 Å². The number of pyridine rings is 1. The fourth-order valence-electron chi connectivity index (χ4n) is 3.56. The molecule has 0 aliphatic carbocycles. The first-order chi connectivity index (χ1) is 15.4. The predicted molar refractivity (Wildman–Crippen MR) is 134 cm³/mol. The average molecular weight is 627 g/mol. The van der Waals surface area contributed by atoms with Gasteiger partial charge < -0.3 is 0 Å². The van der Waals surface area contributed by atoms with Gasteiger partial charge in [-0.05, 0) is 0 Å². The number of fused-ring (bicyclic) bond motifs is 1.